The van der Waals surface area contributed by atoms with Crippen LogP contribution in [0.2, 0.25) is 0 Å². The summed E-state index contributed by atoms with van der Waals surface area (Å²) in [4.78, 5) is 23.7. The first-order valence-electron chi connectivity index (χ1n) is 10.1. The molecular formula is C22H27N5O2. The van der Waals surface area contributed by atoms with Crippen LogP contribution in [-0.2, 0) is 19.5 Å². The number of ether oxygens (including phenoxy) is 1. The van der Waals surface area contributed by atoms with Crippen LogP contribution in [0.25, 0.3) is 11.2 Å². The summed E-state index contributed by atoms with van der Waals surface area (Å²) >= 11 is 0. The van der Waals surface area contributed by atoms with Gasteiger partial charge in [-0.3, -0.25) is 0 Å². The van der Waals surface area contributed by atoms with E-state index in [0.717, 1.165) is 60.8 Å². The number of rotatable bonds is 6. The van der Waals surface area contributed by atoms with Crippen molar-refractivity contribution in [2.75, 3.05) is 20.2 Å². The lowest BCUT2D eigenvalue weighted by Crippen LogP contribution is -2.38. The molecule has 2 amide bonds. The van der Waals surface area contributed by atoms with Crippen LogP contribution in [0.15, 0.2) is 42.6 Å². The van der Waals surface area contributed by atoms with Gasteiger partial charge in [-0.1, -0.05) is 12.1 Å². The van der Waals surface area contributed by atoms with Gasteiger partial charge in [-0.25, -0.2) is 14.8 Å². The molecular weight excluding hydrogens is 366 g/mol. The molecule has 0 spiro atoms. The van der Waals surface area contributed by atoms with Gasteiger partial charge in [0.1, 0.15) is 17.1 Å². The highest BCUT2D eigenvalue weighted by Gasteiger charge is 2.27. The molecule has 0 aliphatic carbocycles. The van der Waals surface area contributed by atoms with E-state index in [4.69, 9.17) is 9.72 Å². The number of methoxy groups -OCH3 is 1. The molecule has 2 aromatic heterocycles. The summed E-state index contributed by atoms with van der Waals surface area (Å²) in [6, 6.07) is 11.7. The minimum absolute atomic E-state index is 0.00557. The normalized spacial score (nSPS) is 16.3. The molecule has 29 heavy (non-hydrogen) atoms. The first kappa shape index (κ1) is 19.2. The average Bonchev–Trinajstić information content (AvgIpc) is 3.36. The number of amides is 2. The van der Waals surface area contributed by atoms with Gasteiger partial charge in [0.25, 0.3) is 0 Å². The number of carbonyl (C=O) groups is 1. The van der Waals surface area contributed by atoms with Gasteiger partial charge in [0, 0.05) is 38.8 Å². The predicted octanol–water partition coefficient (Wildman–Crippen LogP) is 3.23. The zero-order chi connectivity index (χ0) is 20.2. The second kappa shape index (κ2) is 8.51. The van der Waals surface area contributed by atoms with Crippen LogP contribution < -0.4 is 10.1 Å². The van der Waals surface area contributed by atoms with Crippen LogP contribution in [0.5, 0.6) is 5.75 Å². The van der Waals surface area contributed by atoms with Crippen molar-refractivity contribution in [3.8, 4) is 5.75 Å². The van der Waals surface area contributed by atoms with Crippen molar-refractivity contribution in [1.82, 2.24) is 24.8 Å². The number of imidazole rings is 1. The summed E-state index contributed by atoms with van der Waals surface area (Å²) in [7, 11) is 1.65. The fourth-order valence-corrected chi connectivity index (χ4v) is 3.97. The van der Waals surface area contributed by atoms with Gasteiger partial charge in [-0.15, -0.1) is 0 Å². The minimum atomic E-state index is -0.00557. The van der Waals surface area contributed by atoms with Crippen molar-refractivity contribution in [1.29, 1.82) is 0 Å². The number of nitrogens with one attached hydrogen (secondary N) is 1. The lowest BCUT2D eigenvalue weighted by atomic mass is 10.0. The molecule has 0 saturated carbocycles. The summed E-state index contributed by atoms with van der Waals surface area (Å²) in [5.41, 5.74) is 2.94. The Balaban J connectivity index is 1.33. The van der Waals surface area contributed by atoms with Gasteiger partial charge in [0.15, 0.2) is 5.65 Å². The number of hydrogen-bond acceptors (Lipinski definition) is 4. The molecule has 1 N–H and O–H groups in total. The Kier molecular flexibility index (Phi) is 5.64. The molecule has 1 aliphatic rings. The molecule has 1 saturated heterocycles. The van der Waals surface area contributed by atoms with E-state index in [2.05, 4.69) is 21.8 Å². The lowest BCUT2D eigenvalue weighted by Gasteiger charge is -2.17. The van der Waals surface area contributed by atoms with Crippen LogP contribution in [-0.4, -0.2) is 45.7 Å². The summed E-state index contributed by atoms with van der Waals surface area (Å²) in [5, 5.41) is 3.02. The van der Waals surface area contributed by atoms with E-state index in [-0.39, 0.29) is 6.03 Å². The number of hydrogen-bond donors (Lipinski definition) is 1. The number of aromatic nitrogens is 3. The Morgan fingerprint density at radius 2 is 2.10 bits per heavy atom. The van der Waals surface area contributed by atoms with Gasteiger partial charge in [0.05, 0.1) is 7.11 Å². The average molecular weight is 393 g/mol. The SMILES string of the molecule is CCn1c(C[C@H]2CCN(C(=O)NCc3ccc(OC)cc3)C2)nc2cccnc21. The molecule has 1 aliphatic heterocycles. The Labute approximate surface area is 170 Å². The third-order valence-electron chi connectivity index (χ3n) is 5.55. The maximum absolute atomic E-state index is 12.6. The highest BCUT2D eigenvalue weighted by molar-refractivity contribution is 5.74. The maximum atomic E-state index is 12.6. The fourth-order valence-electron chi connectivity index (χ4n) is 3.97. The minimum Gasteiger partial charge on any atom is -0.497 e. The molecule has 7 heteroatoms. The molecule has 0 bridgehead atoms. The summed E-state index contributed by atoms with van der Waals surface area (Å²) < 4.78 is 7.35. The maximum Gasteiger partial charge on any atom is 0.317 e. The van der Waals surface area contributed by atoms with E-state index >= 15 is 0 Å². The number of fused-ring (bicyclic) bond motifs is 1. The Morgan fingerprint density at radius 1 is 1.28 bits per heavy atom. The van der Waals surface area contributed by atoms with Crippen LogP contribution in [0, 0.1) is 5.92 Å². The van der Waals surface area contributed by atoms with Crippen molar-refractivity contribution in [2.24, 2.45) is 5.92 Å². The van der Waals surface area contributed by atoms with Crippen LogP contribution in [0.1, 0.15) is 24.7 Å². The molecule has 3 aromatic rings. The molecule has 0 radical (unpaired) electrons. The predicted molar refractivity (Wildman–Crippen MR) is 112 cm³/mol. The molecule has 4 rings (SSSR count). The van der Waals surface area contributed by atoms with E-state index < -0.39 is 0 Å². The van der Waals surface area contributed by atoms with Crippen LogP contribution in [0.4, 0.5) is 4.79 Å². The van der Waals surface area contributed by atoms with Gasteiger partial charge in [-0.05, 0) is 49.1 Å². The number of likely N-dealkylation sites (tertiary alicyclic amines) is 1. The Bertz CT molecular complexity index is 983. The van der Waals surface area contributed by atoms with E-state index in [9.17, 15) is 4.79 Å². The molecule has 1 fully saturated rings. The Hall–Kier alpha value is -3.09. The highest BCUT2D eigenvalue weighted by Crippen LogP contribution is 2.23. The van der Waals surface area contributed by atoms with Crippen molar-refractivity contribution in [2.45, 2.75) is 32.9 Å². The quantitative estimate of drug-likeness (QED) is 0.698. The molecule has 1 aromatic carbocycles. The first-order chi connectivity index (χ1) is 14.2. The number of aryl methyl sites for hydroxylation is 1. The zero-order valence-electron chi connectivity index (χ0n) is 17.0. The second-order valence-corrected chi connectivity index (χ2v) is 7.43. The van der Waals surface area contributed by atoms with Gasteiger partial charge in [-0.2, -0.15) is 0 Å². The number of carbonyl (C=O) groups excluding carboxylic acids is 1. The fraction of sp³-hybridized carbons (Fsp3) is 0.409. The van der Waals surface area contributed by atoms with Crippen molar-refractivity contribution in [3.05, 3.63) is 54.0 Å². The van der Waals surface area contributed by atoms with Crippen LogP contribution in [0.3, 0.4) is 0 Å². The van der Waals surface area contributed by atoms with Gasteiger partial charge >= 0.3 is 6.03 Å². The van der Waals surface area contributed by atoms with Gasteiger partial charge in [0.2, 0.25) is 0 Å². The standard InChI is InChI=1S/C22H27N5O2/c1-3-27-20(25-19-5-4-11-23-21(19)27)13-17-10-12-26(15-17)22(28)24-14-16-6-8-18(29-2)9-7-16/h4-9,11,17H,3,10,12-15H2,1-2H3,(H,24,28)/t17-/m1/s1. The monoisotopic (exact) mass is 393 g/mol. The zero-order valence-corrected chi connectivity index (χ0v) is 17.0. The molecule has 0 unspecified atom stereocenters. The van der Waals surface area contributed by atoms with E-state index in [1.807, 2.05) is 47.5 Å². The van der Waals surface area contributed by atoms with Crippen LogP contribution >= 0.6 is 0 Å². The lowest BCUT2D eigenvalue weighted by molar-refractivity contribution is 0.206. The van der Waals surface area contributed by atoms with Crippen molar-refractivity contribution < 1.29 is 9.53 Å². The number of urea groups is 1. The van der Waals surface area contributed by atoms with Crippen molar-refractivity contribution in [3.63, 3.8) is 0 Å². The molecule has 1 atom stereocenters. The summed E-state index contributed by atoms with van der Waals surface area (Å²) in [6.45, 7) is 5.02. The highest BCUT2D eigenvalue weighted by atomic mass is 16.5. The van der Waals surface area contributed by atoms with E-state index in [1.54, 1.807) is 7.11 Å². The first-order valence-corrected chi connectivity index (χ1v) is 10.1. The summed E-state index contributed by atoms with van der Waals surface area (Å²) in [5.74, 6) is 2.30. The molecule has 152 valence electrons. The topological polar surface area (TPSA) is 72.3 Å². The van der Waals surface area contributed by atoms with E-state index in [1.165, 1.54) is 0 Å². The third kappa shape index (κ3) is 4.18. The third-order valence-corrected chi connectivity index (χ3v) is 5.55. The number of nitrogens with zero attached hydrogens (tertiary/aromatic N) is 4. The molecule has 3 heterocycles. The number of benzene rings is 1. The smallest absolute Gasteiger partial charge is 0.317 e. The number of pyridine rings is 1. The summed E-state index contributed by atoms with van der Waals surface area (Å²) in [6.07, 6.45) is 3.67. The van der Waals surface area contributed by atoms with Gasteiger partial charge < -0.3 is 19.5 Å². The Morgan fingerprint density at radius 3 is 2.86 bits per heavy atom. The van der Waals surface area contributed by atoms with Crippen molar-refractivity contribution >= 4 is 17.2 Å². The second-order valence-electron chi connectivity index (χ2n) is 7.43. The molecule has 7 nitrogen and oxygen atoms in total. The van der Waals surface area contributed by atoms with E-state index in [0.29, 0.717) is 12.5 Å². The largest absolute Gasteiger partial charge is 0.497 e.